The van der Waals surface area contributed by atoms with Gasteiger partial charge in [0.25, 0.3) is 0 Å². The summed E-state index contributed by atoms with van der Waals surface area (Å²) in [5, 5.41) is 0.656. The third-order valence-corrected chi connectivity index (χ3v) is 3.91. The van der Waals surface area contributed by atoms with E-state index in [1.54, 1.807) is 0 Å². The number of rotatable bonds is 3. The molecule has 21 heavy (non-hydrogen) atoms. The molecule has 1 aromatic carbocycles. The van der Waals surface area contributed by atoms with E-state index in [0.29, 0.717) is 5.02 Å². The average molecular weight is 310 g/mol. The molecule has 0 aliphatic carbocycles. The Morgan fingerprint density at radius 2 is 1.90 bits per heavy atom. The van der Waals surface area contributed by atoms with Crippen LogP contribution in [0.1, 0.15) is 50.8 Å². The quantitative estimate of drug-likeness (QED) is 0.786. The number of esters is 1. The standard InChI is InChI=1S/C17H24ClNO2/c1-12-7-8-13(18)11-14(12)15(19-9-5-6-10-19)16(20)21-17(2,3)4/h7-8,11,15H,5-6,9-10H2,1-4H3. The molecular formula is C17H24ClNO2. The Kier molecular flexibility index (Phi) is 4.95. The van der Waals surface area contributed by atoms with Crippen molar-refractivity contribution >= 4 is 17.6 Å². The first-order chi connectivity index (χ1) is 9.78. The second kappa shape index (κ2) is 6.37. The number of halogens is 1. The minimum atomic E-state index is -0.485. The van der Waals surface area contributed by atoms with Crippen molar-refractivity contribution in [2.45, 2.75) is 52.2 Å². The highest BCUT2D eigenvalue weighted by atomic mass is 35.5. The minimum Gasteiger partial charge on any atom is -0.459 e. The summed E-state index contributed by atoms with van der Waals surface area (Å²) in [6.07, 6.45) is 2.25. The lowest BCUT2D eigenvalue weighted by atomic mass is 10.00. The molecule has 0 bridgehead atoms. The van der Waals surface area contributed by atoms with Crippen LogP contribution in [-0.4, -0.2) is 29.6 Å². The van der Waals surface area contributed by atoms with Gasteiger partial charge in [0.15, 0.2) is 0 Å². The zero-order valence-corrected chi connectivity index (χ0v) is 14.0. The van der Waals surface area contributed by atoms with E-state index in [1.165, 1.54) is 0 Å². The fourth-order valence-corrected chi connectivity index (χ4v) is 2.92. The molecule has 0 saturated carbocycles. The Labute approximate surface area is 132 Å². The summed E-state index contributed by atoms with van der Waals surface area (Å²) in [5.41, 5.74) is 1.54. The second-order valence-corrected chi connectivity index (χ2v) is 7.12. The van der Waals surface area contributed by atoms with E-state index in [-0.39, 0.29) is 12.0 Å². The molecule has 1 atom stereocenters. The third kappa shape index (κ3) is 4.21. The van der Waals surface area contributed by atoms with Gasteiger partial charge in [0, 0.05) is 5.02 Å². The Balaban J connectivity index is 2.36. The zero-order valence-electron chi connectivity index (χ0n) is 13.3. The van der Waals surface area contributed by atoms with Gasteiger partial charge in [0.05, 0.1) is 0 Å². The van der Waals surface area contributed by atoms with Crippen LogP contribution in [0.25, 0.3) is 0 Å². The van der Waals surface area contributed by atoms with Gasteiger partial charge in [0.1, 0.15) is 11.6 Å². The molecule has 1 saturated heterocycles. The zero-order chi connectivity index (χ0) is 15.6. The highest BCUT2D eigenvalue weighted by Gasteiger charge is 2.34. The molecule has 2 rings (SSSR count). The fraction of sp³-hybridized carbons (Fsp3) is 0.588. The number of carbonyl (C=O) groups excluding carboxylic acids is 1. The Morgan fingerprint density at radius 1 is 1.29 bits per heavy atom. The van der Waals surface area contributed by atoms with Gasteiger partial charge in [0.2, 0.25) is 0 Å². The van der Waals surface area contributed by atoms with Gasteiger partial charge in [-0.15, -0.1) is 0 Å². The predicted molar refractivity (Wildman–Crippen MR) is 85.6 cm³/mol. The van der Waals surface area contributed by atoms with Gasteiger partial charge in [-0.3, -0.25) is 4.90 Å². The van der Waals surface area contributed by atoms with Crippen LogP contribution in [0.4, 0.5) is 0 Å². The molecule has 0 aromatic heterocycles. The van der Waals surface area contributed by atoms with E-state index in [4.69, 9.17) is 16.3 Å². The smallest absolute Gasteiger partial charge is 0.328 e. The Bertz CT molecular complexity index is 516. The van der Waals surface area contributed by atoms with Crippen LogP contribution in [0.5, 0.6) is 0 Å². The topological polar surface area (TPSA) is 29.5 Å². The van der Waals surface area contributed by atoms with Crippen LogP contribution < -0.4 is 0 Å². The first-order valence-electron chi connectivity index (χ1n) is 7.51. The van der Waals surface area contributed by atoms with Crippen molar-refractivity contribution < 1.29 is 9.53 Å². The first-order valence-corrected chi connectivity index (χ1v) is 7.89. The average Bonchev–Trinajstić information content (AvgIpc) is 2.85. The molecule has 1 heterocycles. The lowest BCUT2D eigenvalue weighted by molar-refractivity contribution is -0.161. The van der Waals surface area contributed by atoms with Gasteiger partial charge < -0.3 is 4.74 Å². The molecular weight excluding hydrogens is 286 g/mol. The SMILES string of the molecule is Cc1ccc(Cl)cc1C(C(=O)OC(C)(C)C)N1CCCC1. The molecule has 0 amide bonds. The maximum Gasteiger partial charge on any atom is 0.328 e. The van der Waals surface area contributed by atoms with Crippen LogP contribution in [0.2, 0.25) is 5.02 Å². The molecule has 4 heteroatoms. The molecule has 1 unspecified atom stereocenters. The summed E-state index contributed by atoms with van der Waals surface area (Å²) in [4.78, 5) is 14.9. The molecule has 116 valence electrons. The van der Waals surface area contributed by atoms with Crippen LogP contribution in [0.15, 0.2) is 18.2 Å². The number of aryl methyl sites for hydroxylation is 1. The largest absolute Gasteiger partial charge is 0.459 e. The lowest BCUT2D eigenvalue weighted by Crippen LogP contribution is -2.37. The summed E-state index contributed by atoms with van der Waals surface area (Å²) in [6.45, 7) is 9.56. The van der Waals surface area contributed by atoms with Crippen molar-refractivity contribution in [3.8, 4) is 0 Å². The molecule has 0 spiro atoms. The summed E-state index contributed by atoms with van der Waals surface area (Å²) >= 11 is 6.13. The normalized spacial score (nSPS) is 17.8. The number of hydrogen-bond acceptors (Lipinski definition) is 3. The van der Waals surface area contributed by atoms with Crippen LogP contribution >= 0.6 is 11.6 Å². The number of likely N-dealkylation sites (tertiary alicyclic amines) is 1. The molecule has 0 N–H and O–H groups in total. The fourth-order valence-electron chi connectivity index (χ4n) is 2.74. The van der Waals surface area contributed by atoms with Crippen molar-refractivity contribution in [3.63, 3.8) is 0 Å². The lowest BCUT2D eigenvalue weighted by Gasteiger charge is -2.30. The summed E-state index contributed by atoms with van der Waals surface area (Å²) in [6, 6.07) is 5.36. The molecule has 1 fully saturated rings. The van der Waals surface area contributed by atoms with E-state index in [9.17, 15) is 4.79 Å². The Hall–Kier alpha value is -1.06. The molecule has 3 nitrogen and oxygen atoms in total. The second-order valence-electron chi connectivity index (χ2n) is 6.68. The molecule has 1 aromatic rings. The van der Waals surface area contributed by atoms with E-state index in [1.807, 2.05) is 45.9 Å². The van der Waals surface area contributed by atoms with E-state index in [2.05, 4.69) is 4.90 Å². The van der Waals surface area contributed by atoms with Crippen molar-refractivity contribution in [2.75, 3.05) is 13.1 Å². The number of carbonyl (C=O) groups is 1. The molecule has 0 radical (unpaired) electrons. The van der Waals surface area contributed by atoms with Gasteiger partial charge in [-0.2, -0.15) is 0 Å². The third-order valence-electron chi connectivity index (χ3n) is 3.67. The van der Waals surface area contributed by atoms with Crippen LogP contribution in [0.3, 0.4) is 0 Å². The van der Waals surface area contributed by atoms with Crippen molar-refractivity contribution in [2.24, 2.45) is 0 Å². The van der Waals surface area contributed by atoms with Crippen LogP contribution in [0, 0.1) is 6.92 Å². The van der Waals surface area contributed by atoms with Crippen LogP contribution in [-0.2, 0) is 9.53 Å². The van der Waals surface area contributed by atoms with Gasteiger partial charge >= 0.3 is 5.97 Å². The van der Waals surface area contributed by atoms with E-state index >= 15 is 0 Å². The molecule has 1 aliphatic heterocycles. The van der Waals surface area contributed by atoms with Crippen molar-refractivity contribution in [1.82, 2.24) is 4.90 Å². The number of ether oxygens (including phenoxy) is 1. The number of benzene rings is 1. The van der Waals surface area contributed by atoms with Crippen molar-refractivity contribution in [1.29, 1.82) is 0 Å². The maximum atomic E-state index is 12.7. The highest BCUT2D eigenvalue weighted by molar-refractivity contribution is 6.30. The Morgan fingerprint density at radius 3 is 2.48 bits per heavy atom. The summed E-state index contributed by atoms with van der Waals surface area (Å²) in [7, 11) is 0. The molecule has 1 aliphatic rings. The first kappa shape index (κ1) is 16.3. The predicted octanol–water partition coefficient (Wildman–Crippen LogP) is 4.13. The van der Waals surface area contributed by atoms with E-state index in [0.717, 1.165) is 37.1 Å². The van der Waals surface area contributed by atoms with Gasteiger partial charge in [-0.1, -0.05) is 17.7 Å². The number of nitrogens with zero attached hydrogens (tertiary/aromatic N) is 1. The highest BCUT2D eigenvalue weighted by Crippen LogP contribution is 2.31. The van der Waals surface area contributed by atoms with Gasteiger partial charge in [-0.25, -0.2) is 4.79 Å². The maximum absolute atomic E-state index is 12.7. The minimum absolute atomic E-state index is 0.185. The monoisotopic (exact) mass is 309 g/mol. The summed E-state index contributed by atoms with van der Waals surface area (Å²) < 4.78 is 5.64. The van der Waals surface area contributed by atoms with E-state index < -0.39 is 5.60 Å². The van der Waals surface area contributed by atoms with Crippen molar-refractivity contribution in [3.05, 3.63) is 34.3 Å². The van der Waals surface area contributed by atoms with Gasteiger partial charge in [-0.05, 0) is 76.9 Å². The number of hydrogen-bond donors (Lipinski definition) is 0. The summed E-state index contributed by atoms with van der Waals surface area (Å²) in [5.74, 6) is -0.185.